The number of rotatable bonds is 11. The smallest absolute Gasteiger partial charge is 0.254 e. The number of aromatic nitrogens is 1. The molecule has 3 N–H and O–H groups in total. The number of hydrogen-bond acceptors (Lipinski definition) is 6. The second-order valence-corrected chi connectivity index (χ2v) is 14.1. The van der Waals surface area contributed by atoms with E-state index in [-0.39, 0.29) is 54.5 Å². The lowest BCUT2D eigenvalue weighted by atomic mass is 9.79. The zero-order chi connectivity index (χ0) is 36.2. The fourth-order valence-corrected chi connectivity index (χ4v) is 7.52. The molecular weight excluding hydrogens is 670 g/mol. The van der Waals surface area contributed by atoms with Gasteiger partial charge in [-0.1, -0.05) is 48.0 Å². The van der Waals surface area contributed by atoms with Crippen LogP contribution in [0.1, 0.15) is 35.3 Å². The number of nitrogens with zero attached hydrogens (tertiary/aromatic N) is 2. The Bertz CT molecular complexity index is 1910. The molecule has 0 aliphatic carbocycles. The van der Waals surface area contributed by atoms with Gasteiger partial charge in [-0.25, -0.2) is 0 Å². The summed E-state index contributed by atoms with van der Waals surface area (Å²) in [6.45, 7) is 5.11. The molecule has 4 amide bonds. The third-order valence-corrected chi connectivity index (χ3v) is 10.1. The van der Waals surface area contributed by atoms with E-state index in [1.807, 2.05) is 62.5 Å². The van der Waals surface area contributed by atoms with E-state index in [1.54, 1.807) is 41.1 Å². The summed E-state index contributed by atoms with van der Waals surface area (Å²) in [6.07, 6.45) is 2.19. The average Bonchev–Trinajstić information content (AvgIpc) is 3.74. The Kier molecular flexibility index (Phi) is 10.9. The van der Waals surface area contributed by atoms with Gasteiger partial charge >= 0.3 is 0 Å². The van der Waals surface area contributed by atoms with Crippen LogP contribution in [-0.2, 0) is 27.2 Å². The molecule has 0 radical (unpaired) electrons. The van der Waals surface area contributed by atoms with Crippen LogP contribution < -0.4 is 20.1 Å². The topological polar surface area (TPSA) is 133 Å². The van der Waals surface area contributed by atoms with E-state index in [1.165, 1.54) is 7.11 Å². The number of hydrogen-bond donors (Lipinski definition) is 3. The summed E-state index contributed by atoms with van der Waals surface area (Å²) in [5.41, 5.74) is 3.02. The molecule has 51 heavy (non-hydrogen) atoms. The first kappa shape index (κ1) is 35.8. The number of likely N-dealkylation sites (N-methyl/N-ethyl adjacent to an activating group) is 1. The van der Waals surface area contributed by atoms with Crippen molar-refractivity contribution < 1.29 is 28.7 Å². The Labute approximate surface area is 302 Å². The molecule has 12 heteroatoms. The van der Waals surface area contributed by atoms with Gasteiger partial charge in [0.15, 0.2) is 11.5 Å². The summed E-state index contributed by atoms with van der Waals surface area (Å²) in [7, 11) is 3.07. The Morgan fingerprint density at radius 3 is 2.43 bits per heavy atom. The number of piperidine rings is 1. The molecular formula is C39H44ClN5O6. The molecule has 3 unspecified atom stereocenters. The van der Waals surface area contributed by atoms with Crippen LogP contribution in [0.3, 0.4) is 0 Å². The fraction of sp³-hybridized carbons (Fsp3) is 0.385. The van der Waals surface area contributed by atoms with E-state index in [0.717, 1.165) is 22.0 Å². The first-order chi connectivity index (χ1) is 24.5. The summed E-state index contributed by atoms with van der Waals surface area (Å²) in [5, 5.41) is 7.18. The van der Waals surface area contributed by atoms with E-state index >= 15 is 0 Å². The molecule has 0 bridgehead atoms. The number of amides is 4. The number of likely N-dealkylation sites (tertiary alicyclic amines) is 2. The summed E-state index contributed by atoms with van der Waals surface area (Å²) in [4.78, 5) is 61.8. The molecule has 11 nitrogen and oxygen atoms in total. The van der Waals surface area contributed by atoms with Gasteiger partial charge in [-0.2, -0.15) is 0 Å². The minimum atomic E-state index is -0.814. The highest BCUT2D eigenvalue weighted by molar-refractivity contribution is 6.31. The van der Waals surface area contributed by atoms with E-state index in [2.05, 4.69) is 15.6 Å². The highest BCUT2D eigenvalue weighted by Crippen LogP contribution is 2.38. The molecule has 2 saturated heterocycles. The normalized spacial score (nSPS) is 19.1. The Hall–Kier alpha value is -5.03. The second-order valence-electron chi connectivity index (χ2n) is 13.6. The van der Waals surface area contributed by atoms with Gasteiger partial charge in [-0.15, -0.1) is 0 Å². The molecule has 0 saturated carbocycles. The molecule has 4 aromatic rings. The van der Waals surface area contributed by atoms with Crippen molar-refractivity contribution >= 4 is 46.1 Å². The minimum Gasteiger partial charge on any atom is -0.493 e. The molecule has 2 aliphatic heterocycles. The van der Waals surface area contributed by atoms with Gasteiger partial charge in [0.2, 0.25) is 17.7 Å². The summed E-state index contributed by atoms with van der Waals surface area (Å²) < 4.78 is 11.4. The van der Waals surface area contributed by atoms with Crippen molar-refractivity contribution in [2.75, 3.05) is 40.3 Å². The van der Waals surface area contributed by atoms with Crippen molar-refractivity contribution in [3.8, 4) is 11.5 Å². The van der Waals surface area contributed by atoms with Crippen molar-refractivity contribution in [3.05, 3.63) is 94.6 Å². The van der Waals surface area contributed by atoms with Crippen LogP contribution in [0.25, 0.3) is 10.9 Å². The largest absolute Gasteiger partial charge is 0.493 e. The first-order valence-corrected chi connectivity index (χ1v) is 17.7. The number of nitrogens with one attached hydrogen (secondary N) is 3. The highest BCUT2D eigenvalue weighted by atomic mass is 35.5. The van der Waals surface area contributed by atoms with Gasteiger partial charge in [0.25, 0.3) is 5.91 Å². The van der Waals surface area contributed by atoms with Crippen molar-refractivity contribution in [2.24, 2.45) is 17.8 Å². The van der Waals surface area contributed by atoms with E-state index in [0.29, 0.717) is 48.1 Å². The number of halogens is 1. The average molecular weight is 714 g/mol. The molecule has 6 rings (SSSR count). The number of methoxy groups -OCH3 is 1. The Balaban J connectivity index is 1.25. The minimum absolute atomic E-state index is 0.0685. The van der Waals surface area contributed by atoms with Crippen LogP contribution >= 0.6 is 11.6 Å². The van der Waals surface area contributed by atoms with Crippen molar-refractivity contribution in [3.63, 3.8) is 0 Å². The Morgan fingerprint density at radius 1 is 0.941 bits per heavy atom. The van der Waals surface area contributed by atoms with Crippen LogP contribution in [0, 0.1) is 17.8 Å². The molecule has 1 aromatic heterocycles. The van der Waals surface area contributed by atoms with E-state index < -0.39 is 12.0 Å². The maximum atomic E-state index is 14.2. The zero-order valence-corrected chi connectivity index (χ0v) is 30.0. The highest BCUT2D eigenvalue weighted by Gasteiger charge is 2.48. The van der Waals surface area contributed by atoms with Gasteiger partial charge in [-0.05, 0) is 67.1 Å². The van der Waals surface area contributed by atoms with Crippen LogP contribution in [0.5, 0.6) is 11.5 Å². The molecule has 3 heterocycles. The number of benzene rings is 3. The number of carbonyl (C=O) groups is 4. The third-order valence-electron chi connectivity index (χ3n) is 9.86. The van der Waals surface area contributed by atoms with Gasteiger partial charge in [0.05, 0.1) is 25.6 Å². The molecule has 0 spiro atoms. The monoisotopic (exact) mass is 713 g/mol. The van der Waals surface area contributed by atoms with Crippen LogP contribution in [0.2, 0.25) is 5.02 Å². The zero-order valence-electron chi connectivity index (χ0n) is 29.3. The van der Waals surface area contributed by atoms with Crippen molar-refractivity contribution in [1.82, 2.24) is 25.4 Å². The number of fused-ring (bicyclic) bond motifs is 2. The van der Waals surface area contributed by atoms with E-state index in [9.17, 15) is 19.2 Å². The van der Waals surface area contributed by atoms with Gasteiger partial charge in [0, 0.05) is 67.3 Å². The predicted octanol–water partition coefficient (Wildman–Crippen LogP) is 4.48. The van der Waals surface area contributed by atoms with Gasteiger partial charge < -0.3 is 34.9 Å². The lowest BCUT2D eigenvalue weighted by Gasteiger charge is -2.40. The van der Waals surface area contributed by atoms with E-state index in [4.69, 9.17) is 21.1 Å². The number of ether oxygens (including phenoxy) is 2. The second kappa shape index (κ2) is 15.5. The summed E-state index contributed by atoms with van der Waals surface area (Å²) >= 11 is 6.18. The molecule has 3 aromatic carbocycles. The molecule has 2 aliphatic rings. The Morgan fingerprint density at radius 2 is 1.71 bits per heavy atom. The van der Waals surface area contributed by atoms with Crippen LogP contribution in [0.15, 0.2) is 72.9 Å². The van der Waals surface area contributed by atoms with Crippen LogP contribution in [-0.4, -0.2) is 90.9 Å². The first-order valence-electron chi connectivity index (χ1n) is 17.3. The fourth-order valence-electron chi connectivity index (χ4n) is 7.35. The molecule has 2 fully saturated rings. The SMILES string of the molecule is CNC(=O)[C@@H](Cc1ccccc1)NC(=O)C1CN(C(=O)Cc2c[nH]c3cc(Cl)ccc23)CC2CN(C(=O)c3ccc(OC(C)C)c(OC)c3)CC21. The van der Waals surface area contributed by atoms with Crippen molar-refractivity contribution in [1.29, 1.82) is 0 Å². The maximum Gasteiger partial charge on any atom is 0.254 e. The summed E-state index contributed by atoms with van der Waals surface area (Å²) in [5.74, 6) is -0.962. The molecule has 268 valence electrons. The quantitative estimate of drug-likeness (QED) is 0.210. The number of carbonyl (C=O) groups excluding carboxylic acids is 4. The number of aromatic amines is 1. The van der Waals surface area contributed by atoms with Gasteiger partial charge in [-0.3, -0.25) is 19.2 Å². The van der Waals surface area contributed by atoms with Gasteiger partial charge in [0.1, 0.15) is 6.04 Å². The molecule has 4 atom stereocenters. The van der Waals surface area contributed by atoms with Crippen molar-refractivity contribution in [2.45, 2.75) is 38.8 Å². The lowest BCUT2D eigenvalue weighted by Crippen LogP contribution is -2.56. The maximum absolute atomic E-state index is 14.2. The lowest BCUT2D eigenvalue weighted by molar-refractivity contribution is -0.140. The van der Waals surface area contributed by atoms with Crippen LogP contribution in [0.4, 0.5) is 0 Å². The predicted molar refractivity (Wildman–Crippen MR) is 195 cm³/mol. The standard InChI is InChI=1S/C39H44ClN5O6/c1-23(2)51-34-13-10-25(15-35(34)50-4)39(49)45-20-27-19-44(36(46)16-26-18-42-32-17-28(40)11-12-29(26)32)22-31(30(27)21-45)37(47)43-33(38(48)41-3)14-24-8-6-5-7-9-24/h5-13,15,17-18,23,27,30-31,33,42H,14,16,19-22H2,1-4H3,(H,41,48)(H,43,47)/t27?,30?,31?,33-/m1/s1. The number of H-pyrrole nitrogens is 1. The summed E-state index contributed by atoms with van der Waals surface area (Å²) in [6, 6.07) is 19.3. The third kappa shape index (κ3) is 7.99.